The standard InChI is InChI=1S/C12H15F2N3OS/c1-8(7-18-2)16-12(19)17-15-6-9-3-4-10(13)5-11(9)14/h3-6,8H,7H2,1-2H3,(H2,16,17,19)/b15-6-/t8-/m1/s1. The quantitative estimate of drug-likeness (QED) is 0.492. The van der Waals surface area contributed by atoms with Gasteiger partial charge in [-0.1, -0.05) is 0 Å². The predicted molar refractivity (Wildman–Crippen MR) is 74.2 cm³/mol. The van der Waals surface area contributed by atoms with Crippen LogP contribution in [0.3, 0.4) is 0 Å². The number of ether oxygens (including phenoxy) is 1. The Bertz CT molecular complexity index is 468. The fraction of sp³-hybridized carbons (Fsp3) is 0.333. The van der Waals surface area contributed by atoms with Gasteiger partial charge in [-0.25, -0.2) is 8.78 Å². The molecule has 2 N–H and O–H groups in total. The maximum Gasteiger partial charge on any atom is 0.187 e. The van der Waals surface area contributed by atoms with Crippen LogP contribution >= 0.6 is 12.2 Å². The highest BCUT2D eigenvalue weighted by Crippen LogP contribution is 2.06. The van der Waals surface area contributed by atoms with Gasteiger partial charge in [0.1, 0.15) is 11.6 Å². The fourth-order valence-electron chi connectivity index (χ4n) is 1.31. The van der Waals surface area contributed by atoms with E-state index in [4.69, 9.17) is 17.0 Å². The Morgan fingerprint density at radius 3 is 2.89 bits per heavy atom. The van der Waals surface area contributed by atoms with Gasteiger partial charge in [0.15, 0.2) is 5.11 Å². The molecule has 0 saturated heterocycles. The van der Waals surface area contributed by atoms with Crippen LogP contribution in [0.15, 0.2) is 23.3 Å². The van der Waals surface area contributed by atoms with Gasteiger partial charge in [-0.3, -0.25) is 5.43 Å². The molecule has 19 heavy (non-hydrogen) atoms. The Labute approximate surface area is 115 Å². The van der Waals surface area contributed by atoms with Crippen LogP contribution in [0.1, 0.15) is 12.5 Å². The number of benzene rings is 1. The van der Waals surface area contributed by atoms with Crippen LogP contribution in [0.2, 0.25) is 0 Å². The van der Waals surface area contributed by atoms with Gasteiger partial charge in [0.2, 0.25) is 0 Å². The maximum atomic E-state index is 13.3. The zero-order valence-electron chi connectivity index (χ0n) is 10.6. The number of nitrogens with one attached hydrogen (secondary N) is 2. The smallest absolute Gasteiger partial charge is 0.187 e. The third-order valence-electron chi connectivity index (χ3n) is 2.13. The van der Waals surface area contributed by atoms with Crippen LogP contribution in [0.4, 0.5) is 8.78 Å². The number of hydrogen-bond acceptors (Lipinski definition) is 3. The Kier molecular flexibility index (Phi) is 6.31. The summed E-state index contributed by atoms with van der Waals surface area (Å²) in [6.45, 7) is 2.39. The monoisotopic (exact) mass is 287 g/mol. The minimum Gasteiger partial charge on any atom is -0.383 e. The van der Waals surface area contributed by atoms with E-state index < -0.39 is 11.6 Å². The molecule has 0 spiro atoms. The van der Waals surface area contributed by atoms with Gasteiger partial charge in [0.25, 0.3) is 0 Å². The van der Waals surface area contributed by atoms with Gasteiger partial charge in [-0.15, -0.1) is 0 Å². The Morgan fingerprint density at radius 1 is 1.53 bits per heavy atom. The van der Waals surface area contributed by atoms with E-state index in [1.165, 1.54) is 12.3 Å². The van der Waals surface area contributed by atoms with Gasteiger partial charge in [0, 0.05) is 24.8 Å². The van der Waals surface area contributed by atoms with Crippen molar-refractivity contribution in [2.45, 2.75) is 13.0 Å². The van der Waals surface area contributed by atoms with Crippen LogP contribution in [0, 0.1) is 11.6 Å². The van der Waals surface area contributed by atoms with Crippen LogP contribution in [-0.2, 0) is 4.74 Å². The van der Waals surface area contributed by atoms with Crippen molar-refractivity contribution in [3.63, 3.8) is 0 Å². The second-order valence-electron chi connectivity index (χ2n) is 3.87. The zero-order chi connectivity index (χ0) is 14.3. The lowest BCUT2D eigenvalue weighted by atomic mass is 10.2. The molecule has 1 rings (SSSR count). The first-order valence-electron chi connectivity index (χ1n) is 5.56. The van der Waals surface area contributed by atoms with E-state index in [2.05, 4.69) is 15.8 Å². The molecule has 104 valence electrons. The maximum absolute atomic E-state index is 13.3. The number of halogens is 2. The summed E-state index contributed by atoms with van der Waals surface area (Å²) >= 11 is 4.97. The molecule has 0 fully saturated rings. The van der Waals surface area contributed by atoms with E-state index in [0.29, 0.717) is 11.7 Å². The van der Waals surface area contributed by atoms with Crippen molar-refractivity contribution in [3.05, 3.63) is 35.4 Å². The summed E-state index contributed by atoms with van der Waals surface area (Å²) in [6.07, 6.45) is 1.23. The van der Waals surface area contributed by atoms with Crippen LogP contribution in [0.5, 0.6) is 0 Å². The summed E-state index contributed by atoms with van der Waals surface area (Å²) in [4.78, 5) is 0. The third-order valence-corrected chi connectivity index (χ3v) is 2.34. The van der Waals surface area contributed by atoms with Crippen molar-refractivity contribution >= 4 is 23.5 Å². The number of methoxy groups -OCH3 is 1. The van der Waals surface area contributed by atoms with Crippen molar-refractivity contribution < 1.29 is 13.5 Å². The second kappa shape index (κ2) is 7.75. The summed E-state index contributed by atoms with van der Waals surface area (Å²) in [5.41, 5.74) is 2.70. The fourth-order valence-corrected chi connectivity index (χ4v) is 1.57. The molecule has 1 atom stereocenters. The van der Waals surface area contributed by atoms with Crippen molar-refractivity contribution in [2.75, 3.05) is 13.7 Å². The minimum absolute atomic E-state index is 0.0303. The molecule has 0 amide bonds. The average molecular weight is 287 g/mol. The largest absolute Gasteiger partial charge is 0.383 e. The molecule has 0 unspecified atom stereocenters. The summed E-state index contributed by atoms with van der Waals surface area (Å²) < 4.78 is 30.9. The molecular weight excluding hydrogens is 272 g/mol. The zero-order valence-corrected chi connectivity index (χ0v) is 11.4. The molecule has 4 nitrogen and oxygen atoms in total. The normalized spacial score (nSPS) is 12.4. The lowest BCUT2D eigenvalue weighted by Gasteiger charge is -2.13. The molecular formula is C12H15F2N3OS. The highest BCUT2D eigenvalue weighted by molar-refractivity contribution is 7.80. The molecule has 7 heteroatoms. The first-order valence-corrected chi connectivity index (χ1v) is 5.97. The van der Waals surface area contributed by atoms with E-state index in [1.54, 1.807) is 7.11 Å². The van der Waals surface area contributed by atoms with Crippen LogP contribution < -0.4 is 10.7 Å². The first kappa shape index (κ1) is 15.5. The molecule has 0 aliphatic heterocycles. The number of hydrogen-bond donors (Lipinski definition) is 2. The van der Waals surface area contributed by atoms with E-state index in [1.807, 2.05) is 6.92 Å². The van der Waals surface area contributed by atoms with E-state index in [-0.39, 0.29) is 11.6 Å². The van der Waals surface area contributed by atoms with Crippen LogP contribution in [0.25, 0.3) is 0 Å². The summed E-state index contributed by atoms with van der Waals surface area (Å²) in [5.74, 6) is -1.31. The highest BCUT2D eigenvalue weighted by atomic mass is 32.1. The molecule has 1 aromatic rings. The molecule has 0 bridgehead atoms. The number of hydrazone groups is 1. The van der Waals surface area contributed by atoms with Crippen molar-refractivity contribution in [1.82, 2.24) is 10.7 Å². The second-order valence-corrected chi connectivity index (χ2v) is 4.27. The Balaban J connectivity index is 2.47. The van der Waals surface area contributed by atoms with E-state index in [9.17, 15) is 8.78 Å². The average Bonchev–Trinajstić information content (AvgIpc) is 2.32. The van der Waals surface area contributed by atoms with Crippen molar-refractivity contribution in [2.24, 2.45) is 5.10 Å². The number of thiocarbonyl (C=S) groups is 1. The third kappa shape index (κ3) is 5.71. The van der Waals surface area contributed by atoms with Crippen molar-refractivity contribution in [3.8, 4) is 0 Å². The number of rotatable bonds is 5. The molecule has 0 aromatic heterocycles. The van der Waals surface area contributed by atoms with Gasteiger partial charge in [0.05, 0.1) is 12.8 Å². The molecule has 0 aliphatic rings. The van der Waals surface area contributed by atoms with Gasteiger partial charge < -0.3 is 10.1 Å². The summed E-state index contributed by atoms with van der Waals surface area (Å²) in [5, 5.41) is 6.98. The summed E-state index contributed by atoms with van der Waals surface area (Å²) in [7, 11) is 1.59. The van der Waals surface area contributed by atoms with Gasteiger partial charge in [-0.2, -0.15) is 5.10 Å². The summed E-state index contributed by atoms with van der Waals surface area (Å²) in [6, 6.07) is 3.27. The first-order chi connectivity index (χ1) is 9.02. The molecule has 1 aromatic carbocycles. The minimum atomic E-state index is -0.683. The van der Waals surface area contributed by atoms with Crippen LogP contribution in [-0.4, -0.2) is 31.1 Å². The SMILES string of the molecule is COC[C@@H](C)NC(=S)N/N=C\c1ccc(F)cc1F. The lowest BCUT2D eigenvalue weighted by Crippen LogP contribution is -2.40. The Morgan fingerprint density at radius 2 is 2.26 bits per heavy atom. The molecule has 0 saturated carbocycles. The lowest BCUT2D eigenvalue weighted by molar-refractivity contribution is 0.179. The molecule has 0 aliphatic carbocycles. The number of nitrogens with zero attached hydrogens (tertiary/aromatic N) is 1. The topological polar surface area (TPSA) is 45.6 Å². The van der Waals surface area contributed by atoms with E-state index in [0.717, 1.165) is 12.1 Å². The molecule has 0 heterocycles. The molecule has 0 radical (unpaired) electrons. The highest BCUT2D eigenvalue weighted by Gasteiger charge is 2.03. The van der Waals surface area contributed by atoms with Gasteiger partial charge in [-0.05, 0) is 31.3 Å². The predicted octanol–water partition coefficient (Wildman–Crippen LogP) is 1.80. The Hall–Kier alpha value is -1.60. The van der Waals surface area contributed by atoms with Gasteiger partial charge >= 0.3 is 0 Å². The van der Waals surface area contributed by atoms with Crippen molar-refractivity contribution in [1.29, 1.82) is 0 Å². The van der Waals surface area contributed by atoms with E-state index >= 15 is 0 Å².